The van der Waals surface area contributed by atoms with Gasteiger partial charge in [0.15, 0.2) is 0 Å². The maximum atomic E-state index is 13.2. The highest BCUT2D eigenvalue weighted by atomic mass is 19.1. The predicted octanol–water partition coefficient (Wildman–Crippen LogP) is 1.90. The van der Waals surface area contributed by atoms with Crippen molar-refractivity contribution < 1.29 is 9.18 Å². The molecule has 7 heteroatoms. The fraction of sp³-hybridized carbons (Fsp3) is 0.400. The number of pyridine rings is 1. The van der Waals surface area contributed by atoms with E-state index in [1.54, 1.807) is 18.3 Å². The van der Waals surface area contributed by atoms with Crippen LogP contribution in [-0.2, 0) is 11.3 Å². The molecule has 2 aliphatic rings. The molecule has 0 spiro atoms. The maximum Gasteiger partial charge on any atom is 0.226 e. The fourth-order valence-electron chi connectivity index (χ4n) is 3.74. The molecule has 6 nitrogen and oxygen atoms in total. The van der Waals surface area contributed by atoms with Crippen molar-refractivity contribution in [3.05, 3.63) is 59.5 Å². The Morgan fingerprint density at radius 2 is 2.00 bits per heavy atom. The van der Waals surface area contributed by atoms with Gasteiger partial charge in [-0.25, -0.2) is 14.8 Å². The third-order valence-corrected chi connectivity index (χ3v) is 5.25. The lowest BCUT2D eigenvalue weighted by molar-refractivity contribution is -0.125. The molecule has 0 aliphatic carbocycles. The van der Waals surface area contributed by atoms with E-state index in [1.807, 2.05) is 12.1 Å². The summed E-state index contributed by atoms with van der Waals surface area (Å²) in [5, 5.41) is 3.03. The summed E-state index contributed by atoms with van der Waals surface area (Å²) in [6.07, 6.45) is 4.21. The van der Waals surface area contributed by atoms with E-state index in [4.69, 9.17) is 0 Å². The number of hydrogen-bond acceptors (Lipinski definition) is 5. The van der Waals surface area contributed by atoms with Crippen LogP contribution in [0, 0.1) is 11.7 Å². The standard InChI is InChI=1S/C20H24FN5O/c21-16-5-3-15(4-6-16)19-17(13-24-25-19)20(27)23-12-14-7-8-22-18(11-14)26-9-1-2-10-26/h3-8,11,17,19,24-25H,1-2,9-10,12-13H2,(H,23,27). The van der Waals surface area contributed by atoms with Gasteiger partial charge >= 0.3 is 0 Å². The second kappa shape index (κ2) is 8.02. The van der Waals surface area contributed by atoms with Crippen molar-refractivity contribution in [1.29, 1.82) is 0 Å². The molecular formula is C20H24FN5O. The van der Waals surface area contributed by atoms with Gasteiger partial charge in [-0.1, -0.05) is 12.1 Å². The van der Waals surface area contributed by atoms with Crippen LogP contribution in [-0.4, -0.2) is 30.5 Å². The number of amides is 1. The molecule has 2 atom stereocenters. The van der Waals surface area contributed by atoms with Crippen LogP contribution in [0.2, 0.25) is 0 Å². The molecule has 1 aromatic heterocycles. The van der Waals surface area contributed by atoms with Gasteiger partial charge in [0, 0.05) is 32.4 Å². The summed E-state index contributed by atoms with van der Waals surface area (Å²) in [5.74, 6) is 0.418. The summed E-state index contributed by atoms with van der Waals surface area (Å²) >= 11 is 0. The first-order valence-corrected chi connectivity index (χ1v) is 9.42. The molecule has 3 heterocycles. The Balaban J connectivity index is 1.38. The van der Waals surface area contributed by atoms with Crippen LogP contribution >= 0.6 is 0 Å². The molecule has 27 heavy (non-hydrogen) atoms. The maximum absolute atomic E-state index is 13.2. The van der Waals surface area contributed by atoms with Gasteiger partial charge in [-0.05, 0) is 48.2 Å². The van der Waals surface area contributed by atoms with E-state index in [1.165, 1.54) is 25.0 Å². The highest BCUT2D eigenvalue weighted by molar-refractivity contribution is 5.80. The van der Waals surface area contributed by atoms with Crippen LogP contribution in [0.15, 0.2) is 42.6 Å². The van der Waals surface area contributed by atoms with Gasteiger partial charge in [0.05, 0.1) is 12.0 Å². The monoisotopic (exact) mass is 369 g/mol. The smallest absolute Gasteiger partial charge is 0.226 e. The molecule has 2 saturated heterocycles. The van der Waals surface area contributed by atoms with Crippen LogP contribution in [0.3, 0.4) is 0 Å². The van der Waals surface area contributed by atoms with Crippen molar-refractivity contribution >= 4 is 11.7 Å². The summed E-state index contributed by atoms with van der Waals surface area (Å²) in [5.41, 5.74) is 8.09. The third kappa shape index (κ3) is 4.09. The Bertz CT molecular complexity index is 791. The molecule has 2 aliphatic heterocycles. The van der Waals surface area contributed by atoms with E-state index >= 15 is 0 Å². The molecule has 0 bridgehead atoms. The number of nitrogens with zero attached hydrogens (tertiary/aromatic N) is 2. The number of benzene rings is 1. The van der Waals surface area contributed by atoms with Crippen LogP contribution in [0.4, 0.5) is 10.2 Å². The number of carbonyl (C=O) groups excluding carboxylic acids is 1. The van der Waals surface area contributed by atoms with E-state index in [2.05, 4.69) is 26.1 Å². The van der Waals surface area contributed by atoms with Gasteiger partial charge in [0.1, 0.15) is 11.6 Å². The molecule has 0 saturated carbocycles. The molecule has 2 unspecified atom stereocenters. The Labute approximate surface area is 158 Å². The van der Waals surface area contributed by atoms with E-state index in [-0.39, 0.29) is 23.7 Å². The summed E-state index contributed by atoms with van der Waals surface area (Å²) in [6.45, 7) is 3.08. The van der Waals surface area contributed by atoms with Gasteiger partial charge in [-0.2, -0.15) is 0 Å². The summed E-state index contributed by atoms with van der Waals surface area (Å²) in [7, 11) is 0. The molecule has 2 fully saturated rings. The average molecular weight is 369 g/mol. The SMILES string of the molecule is O=C(NCc1ccnc(N2CCCC2)c1)C1CNNC1c1ccc(F)cc1. The van der Waals surface area contributed by atoms with Gasteiger partial charge < -0.3 is 10.2 Å². The Morgan fingerprint density at radius 3 is 2.78 bits per heavy atom. The summed E-state index contributed by atoms with van der Waals surface area (Å²) in [6, 6.07) is 10.1. The van der Waals surface area contributed by atoms with E-state index in [0.29, 0.717) is 13.1 Å². The minimum Gasteiger partial charge on any atom is -0.357 e. The number of aromatic nitrogens is 1. The van der Waals surface area contributed by atoms with Gasteiger partial charge in [0.2, 0.25) is 5.91 Å². The molecule has 0 radical (unpaired) electrons. The van der Waals surface area contributed by atoms with Gasteiger partial charge in [-0.15, -0.1) is 0 Å². The number of halogens is 1. The zero-order valence-corrected chi connectivity index (χ0v) is 15.1. The first-order chi connectivity index (χ1) is 13.2. The number of rotatable bonds is 5. The number of anilines is 1. The van der Waals surface area contributed by atoms with Crippen molar-refractivity contribution in [2.45, 2.75) is 25.4 Å². The Morgan fingerprint density at radius 1 is 1.22 bits per heavy atom. The lowest BCUT2D eigenvalue weighted by atomic mass is 9.94. The molecule has 4 rings (SSSR count). The lowest BCUT2D eigenvalue weighted by Gasteiger charge is -2.19. The van der Waals surface area contributed by atoms with E-state index < -0.39 is 0 Å². The Kier molecular flexibility index (Phi) is 5.31. The van der Waals surface area contributed by atoms with Crippen molar-refractivity contribution in [1.82, 2.24) is 21.2 Å². The molecule has 2 aromatic rings. The zero-order chi connectivity index (χ0) is 18.6. The average Bonchev–Trinajstić information content (AvgIpc) is 3.39. The number of nitrogens with one attached hydrogen (secondary N) is 3. The van der Waals surface area contributed by atoms with Crippen molar-refractivity contribution in [2.24, 2.45) is 5.92 Å². The fourth-order valence-corrected chi connectivity index (χ4v) is 3.74. The van der Waals surface area contributed by atoms with Crippen LogP contribution in [0.5, 0.6) is 0 Å². The second-order valence-electron chi connectivity index (χ2n) is 7.10. The molecule has 1 aromatic carbocycles. The molecular weight excluding hydrogens is 345 g/mol. The lowest BCUT2D eigenvalue weighted by Crippen LogP contribution is -2.34. The number of hydrogen-bond donors (Lipinski definition) is 3. The number of hydrazine groups is 1. The molecule has 1 amide bonds. The van der Waals surface area contributed by atoms with Gasteiger partial charge in [0.25, 0.3) is 0 Å². The van der Waals surface area contributed by atoms with E-state index in [9.17, 15) is 9.18 Å². The van der Waals surface area contributed by atoms with Crippen LogP contribution in [0.1, 0.15) is 30.0 Å². The van der Waals surface area contributed by atoms with Gasteiger partial charge in [-0.3, -0.25) is 10.2 Å². The number of carbonyl (C=O) groups is 1. The topological polar surface area (TPSA) is 69.3 Å². The first kappa shape index (κ1) is 17.9. The van der Waals surface area contributed by atoms with E-state index in [0.717, 1.165) is 30.0 Å². The molecule has 142 valence electrons. The highest BCUT2D eigenvalue weighted by Gasteiger charge is 2.33. The molecule has 3 N–H and O–H groups in total. The second-order valence-corrected chi connectivity index (χ2v) is 7.10. The first-order valence-electron chi connectivity index (χ1n) is 9.42. The largest absolute Gasteiger partial charge is 0.357 e. The van der Waals surface area contributed by atoms with Crippen LogP contribution in [0.25, 0.3) is 0 Å². The quantitative estimate of drug-likeness (QED) is 0.751. The predicted molar refractivity (Wildman–Crippen MR) is 101 cm³/mol. The third-order valence-electron chi connectivity index (χ3n) is 5.25. The minimum absolute atomic E-state index is 0.0265. The Hall–Kier alpha value is -2.51. The summed E-state index contributed by atoms with van der Waals surface area (Å²) in [4.78, 5) is 19.4. The normalized spacial score (nSPS) is 22.2. The summed E-state index contributed by atoms with van der Waals surface area (Å²) < 4.78 is 13.2. The highest BCUT2D eigenvalue weighted by Crippen LogP contribution is 2.25. The van der Waals surface area contributed by atoms with Crippen molar-refractivity contribution in [2.75, 3.05) is 24.5 Å². The zero-order valence-electron chi connectivity index (χ0n) is 15.1. The van der Waals surface area contributed by atoms with Crippen molar-refractivity contribution in [3.63, 3.8) is 0 Å². The minimum atomic E-state index is -0.280. The van der Waals surface area contributed by atoms with Crippen molar-refractivity contribution in [3.8, 4) is 0 Å². The van der Waals surface area contributed by atoms with Crippen LogP contribution < -0.4 is 21.1 Å².